The van der Waals surface area contributed by atoms with E-state index in [0.717, 1.165) is 16.9 Å². The van der Waals surface area contributed by atoms with E-state index in [-0.39, 0.29) is 6.42 Å². The predicted octanol–water partition coefficient (Wildman–Crippen LogP) is 2.25. The Kier molecular flexibility index (Phi) is 5.49. The van der Waals surface area contributed by atoms with Gasteiger partial charge in [-0.15, -0.1) is 0 Å². The highest BCUT2D eigenvalue weighted by molar-refractivity contribution is 5.66. The highest BCUT2D eigenvalue weighted by Gasteiger charge is 2.09. The molecule has 4 nitrogen and oxygen atoms in total. The number of ether oxygens (including phenoxy) is 2. The predicted molar refractivity (Wildman–Crippen MR) is 64.3 cm³/mol. The summed E-state index contributed by atoms with van der Waals surface area (Å²) >= 11 is 0. The average molecular weight is 238 g/mol. The van der Waals surface area contributed by atoms with Gasteiger partial charge in [-0.05, 0) is 30.0 Å². The number of aliphatic carboxylic acids is 1. The zero-order valence-electron chi connectivity index (χ0n) is 10.2. The minimum atomic E-state index is -0.770. The van der Waals surface area contributed by atoms with Gasteiger partial charge in [-0.25, -0.2) is 0 Å². The van der Waals surface area contributed by atoms with Crippen LogP contribution in [0.5, 0.6) is 5.75 Å². The van der Waals surface area contributed by atoms with Crippen LogP contribution in [-0.2, 0) is 22.6 Å². The van der Waals surface area contributed by atoms with Crippen LogP contribution < -0.4 is 4.74 Å². The molecule has 1 N–H and O–H groups in total. The Hall–Kier alpha value is -1.55. The van der Waals surface area contributed by atoms with Crippen molar-refractivity contribution in [3.05, 3.63) is 29.3 Å². The Morgan fingerprint density at radius 1 is 1.35 bits per heavy atom. The smallest absolute Gasteiger partial charge is 0.303 e. The van der Waals surface area contributed by atoms with Gasteiger partial charge >= 0.3 is 5.97 Å². The van der Waals surface area contributed by atoms with Crippen LogP contribution in [0.4, 0.5) is 0 Å². The number of carboxylic acid groups (broad SMARTS) is 1. The minimum absolute atomic E-state index is 0.171. The van der Waals surface area contributed by atoms with E-state index in [1.54, 1.807) is 14.2 Å². The monoisotopic (exact) mass is 238 g/mol. The minimum Gasteiger partial charge on any atom is -0.496 e. The Morgan fingerprint density at radius 2 is 2.12 bits per heavy atom. The van der Waals surface area contributed by atoms with Gasteiger partial charge in [0.05, 0.1) is 13.7 Å². The molecule has 1 aromatic rings. The second kappa shape index (κ2) is 6.91. The molecule has 17 heavy (non-hydrogen) atoms. The van der Waals surface area contributed by atoms with Crippen molar-refractivity contribution >= 4 is 5.97 Å². The number of carboxylic acids is 1. The van der Waals surface area contributed by atoms with Crippen LogP contribution in [0.3, 0.4) is 0 Å². The van der Waals surface area contributed by atoms with Gasteiger partial charge in [0, 0.05) is 13.5 Å². The number of carbonyl (C=O) groups is 1. The highest BCUT2D eigenvalue weighted by atomic mass is 16.5. The van der Waals surface area contributed by atoms with Crippen molar-refractivity contribution in [2.45, 2.75) is 25.9 Å². The standard InChI is InChI=1S/C13H18O4/c1-16-9-10-5-3-7-12(17-2)11(10)6-4-8-13(14)15/h3,5,7H,4,6,8-9H2,1-2H3,(H,14,15). The van der Waals surface area contributed by atoms with Crippen molar-refractivity contribution in [2.24, 2.45) is 0 Å². The maximum absolute atomic E-state index is 10.5. The Balaban J connectivity index is 2.80. The van der Waals surface area contributed by atoms with Crippen molar-refractivity contribution in [1.82, 2.24) is 0 Å². The van der Waals surface area contributed by atoms with E-state index in [9.17, 15) is 4.79 Å². The molecule has 94 valence electrons. The Bertz CT molecular complexity index is 374. The molecule has 0 aromatic heterocycles. The lowest BCUT2D eigenvalue weighted by molar-refractivity contribution is -0.137. The second-order valence-corrected chi connectivity index (χ2v) is 3.78. The van der Waals surface area contributed by atoms with Gasteiger partial charge in [0.25, 0.3) is 0 Å². The molecule has 0 spiro atoms. The molecule has 1 rings (SSSR count). The summed E-state index contributed by atoms with van der Waals surface area (Å²) < 4.78 is 10.4. The molecule has 0 radical (unpaired) electrons. The van der Waals surface area contributed by atoms with Gasteiger partial charge in [-0.1, -0.05) is 12.1 Å². The van der Waals surface area contributed by atoms with Crippen LogP contribution in [0.25, 0.3) is 0 Å². The molecule has 0 aliphatic carbocycles. The lowest BCUT2D eigenvalue weighted by Crippen LogP contribution is -2.02. The fourth-order valence-corrected chi connectivity index (χ4v) is 1.79. The lowest BCUT2D eigenvalue weighted by atomic mass is 10.0. The first-order valence-corrected chi connectivity index (χ1v) is 5.54. The maximum Gasteiger partial charge on any atom is 0.303 e. The molecule has 4 heteroatoms. The molecule has 0 saturated heterocycles. The summed E-state index contributed by atoms with van der Waals surface area (Å²) in [5, 5.41) is 8.63. The van der Waals surface area contributed by atoms with Gasteiger partial charge < -0.3 is 14.6 Å². The summed E-state index contributed by atoms with van der Waals surface area (Å²) in [5.41, 5.74) is 2.09. The van der Waals surface area contributed by atoms with Crippen LogP contribution in [0.15, 0.2) is 18.2 Å². The largest absolute Gasteiger partial charge is 0.496 e. The third-order valence-electron chi connectivity index (χ3n) is 2.57. The fraction of sp³-hybridized carbons (Fsp3) is 0.462. The highest BCUT2D eigenvalue weighted by Crippen LogP contribution is 2.24. The van der Waals surface area contributed by atoms with Crippen LogP contribution in [0.2, 0.25) is 0 Å². The summed E-state index contributed by atoms with van der Waals surface area (Å²) in [7, 11) is 3.26. The first-order valence-electron chi connectivity index (χ1n) is 5.54. The number of hydrogen-bond acceptors (Lipinski definition) is 3. The van der Waals surface area contributed by atoms with Gasteiger partial charge in [0.15, 0.2) is 0 Å². The third-order valence-corrected chi connectivity index (χ3v) is 2.57. The van der Waals surface area contributed by atoms with E-state index in [2.05, 4.69) is 0 Å². The number of methoxy groups -OCH3 is 2. The van der Waals surface area contributed by atoms with Crippen LogP contribution in [0, 0.1) is 0 Å². The molecule has 0 atom stereocenters. The third kappa shape index (κ3) is 4.07. The Labute approximate surface area is 101 Å². The first kappa shape index (κ1) is 13.5. The van der Waals surface area contributed by atoms with Gasteiger partial charge in [-0.3, -0.25) is 4.79 Å². The Morgan fingerprint density at radius 3 is 2.71 bits per heavy atom. The quantitative estimate of drug-likeness (QED) is 0.791. The van der Waals surface area contributed by atoms with E-state index < -0.39 is 5.97 Å². The van der Waals surface area contributed by atoms with Crippen molar-refractivity contribution in [1.29, 1.82) is 0 Å². The van der Waals surface area contributed by atoms with E-state index in [0.29, 0.717) is 19.4 Å². The van der Waals surface area contributed by atoms with E-state index >= 15 is 0 Å². The van der Waals surface area contributed by atoms with E-state index in [1.165, 1.54) is 0 Å². The summed E-state index contributed by atoms with van der Waals surface area (Å²) in [6.07, 6.45) is 1.46. The zero-order valence-corrected chi connectivity index (χ0v) is 10.2. The fourth-order valence-electron chi connectivity index (χ4n) is 1.79. The molecule has 0 heterocycles. The molecule has 0 bridgehead atoms. The summed E-state index contributed by atoms with van der Waals surface area (Å²) in [6, 6.07) is 5.77. The van der Waals surface area contributed by atoms with E-state index in [1.807, 2.05) is 18.2 Å². The van der Waals surface area contributed by atoms with Crippen molar-refractivity contribution in [3.8, 4) is 5.75 Å². The topological polar surface area (TPSA) is 55.8 Å². The van der Waals surface area contributed by atoms with Gasteiger partial charge in [-0.2, -0.15) is 0 Å². The number of benzene rings is 1. The van der Waals surface area contributed by atoms with Crippen molar-refractivity contribution in [3.63, 3.8) is 0 Å². The van der Waals surface area contributed by atoms with Crippen LogP contribution in [-0.4, -0.2) is 25.3 Å². The van der Waals surface area contributed by atoms with Gasteiger partial charge in [0.2, 0.25) is 0 Å². The normalized spacial score (nSPS) is 10.2. The van der Waals surface area contributed by atoms with E-state index in [4.69, 9.17) is 14.6 Å². The number of rotatable bonds is 7. The molecule has 0 unspecified atom stereocenters. The van der Waals surface area contributed by atoms with Crippen molar-refractivity contribution in [2.75, 3.05) is 14.2 Å². The molecule has 0 aliphatic heterocycles. The maximum atomic E-state index is 10.5. The summed E-state index contributed by atoms with van der Waals surface area (Å²) in [6.45, 7) is 0.513. The molecule has 0 fully saturated rings. The van der Waals surface area contributed by atoms with Gasteiger partial charge in [0.1, 0.15) is 5.75 Å². The summed E-state index contributed by atoms with van der Waals surface area (Å²) in [5.74, 6) is 0.0260. The SMILES string of the molecule is COCc1cccc(OC)c1CCCC(=O)O. The lowest BCUT2D eigenvalue weighted by Gasteiger charge is -2.13. The molecular formula is C13H18O4. The molecular weight excluding hydrogens is 220 g/mol. The molecule has 0 aliphatic rings. The molecule has 0 amide bonds. The van der Waals surface area contributed by atoms with Crippen molar-refractivity contribution < 1.29 is 19.4 Å². The van der Waals surface area contributed by atoms with Crippen LogP contribution in [0.1, 0.15) is 24.0 Å². The second-order valence-electron chi connectivity index (χ2n) is 3.78. The molecule has 1 aromatic carbocycles. The zero-order chi connectivity index (χ0) is 12.7. The van der Waals surface area contributed by atoms with Crippen LogP contribution >= 0.6 is 0 Å². The average Bonchev–Trinajstić information content (AvgIpc) is 2.30. The number of hydrogen-bond donors (Lipinski definition) is 1. The molecule has 0 saturated carbocycles. The first-order chi connectivity index (χ1) is 8.19. The summed E-state index contributed by atoms with van der Waals surface area (Å²) in [4.78, 5) is 10.5.